The molecule has 1 aromatic carbocycles. The zero-order valence-electron chi connectivity index (χ0n) is 13.2. The van der Waals surface area contributed by atoms with Crippen molar-refractivity contribution in [2.45, 2.75) is 6.92 Å². The highest BCUT2D eigenvalue weighted by molar-refractivity contribution is 5.96. The molecule has 0 aliphatic heterocycles. The summed E-state index contributed by atoms with van der Waals surface area (Å²) in [6.45, 7) is 1.90. The second kappa shape index (κ2) is 5.93. The van der Waals surface area contributed by atoms with E-state index in [1.54, 1.807) is 4.57 Å². The number of ether oxygens (including phenoxy) is 1. The van der Waals surface area contributed by atoms with Crippen LogP contribution in [0, 0.1) is 18.3 Å². The molecule has 0 fully saturated rings. The number of nitrogen functional groups attached to an aromatic ring is 1. The van der Waals surface area contributed by atoms with Crippen LogP contribution in [0.4, 0.5) is 5.69 Å². The largest absolute Gasteiger partial charge is 0.464 e. The van der Waals surface area contributed by atoms with Gasteiger partial charge in [0.15, 0.2) is 5.69 Å². The lowest BCUT2D eigenvalue weighted by atomic mass is 10.1. The number of esters is 1. The van der Waals surface area contributed by atoms with Crippen LogP contribution < -0.4 is 5.73 Å². The maximum Gasteiger partial charge on any atom is 0.357 e. The van der Waals surface area contributed by atoms with E-state index in [1.807, 2.05) is 43.3 Å². The molecule has 3 aromatic rings. The number of hydrogen-bond acceptors (Lipinski definition) is 5. The summed E-state index contributed by atoms with van der Waals surface area (Å²) in [7, 11) is 1.27. The van der Waals surface area contributed by atoms with Crippen LogP contribution in [0.25, 0.3) is 16.9 Å². The average molecular weight is 321 g/mol. The number of carbonyl (C=O) groups is 1. The highest BCUT2D eigenvalue weighted by Crippen LogP contribution is 2.30. The highest BCUT2D eigenvalue weighted by Gasteiger charge is 2.23. The Labute approximate surface area is 138 Å². The van der Waals surface area contributed by atoms with Gasteiger partial charge in [0, 0.05) is 17.5 Å². The van der Waals surface area contributed by atoms with Gasteiger partial charge >= 0.3 is 5.97 Å². The summed E-state index contributed by atoms with van der Waals surface area (Å²) in [4.78, 5) is 12.2. The van der Waals surface area contributed by atoms with E-state index in [-0.39, 0.29) is 16.9 Å². The standard InChI is InChI=1S/C17H15N5O2/c1-10-7-13(21-20-10)12-5-3-4-6-14(12)22-9-11(8-18)15(19)16(22)17(23)24-2/h3-7,9H,19H2,1-2H3,(H,20,21). The van der Waals surface area contributed by atoms with Crippen LogP contribution in [0.5, 0.6) is 0 Å². The number of nitrogens with zero attached hydrogens (tertiary/aromatic N) is 3. The van der Waals surface area contributed by atoms with Gasteiger partial charge in [0.2, 0.25) is 0 Å². The summed E-state index contributed by atoms with van der Waals surface area (Å²) in [6.07, 6.45) is 1.53. The molecule has 2 heterocycles. The van der Waals surface area contributed by atoms with Crippen LogP contribution in [-0.2, 0) is 4.74 Å². The van der Waals surface area contributed by atoms with Crippen molar-refractivity contribution >= 4 is 11.7 Å². The lowest BCUT2D eigenvalue weighted by Crippen LogP contribution is -2.11. The molecule has 24 heavy (non-hydrogen) atoms. The van der Waals surface area contributed by atoms with E-state index in [1.165, 1.54) is 13.3 Å². The summed E-state index contributed by atoms with van der Waals surface area (Å²) in [5, 5.41) is 16.4. The monoisotopic (exact) mass is 321 g/mol. The van der Waals surface area contributed by atoms with Crippen LogP contribution in [0.2, 0.25) is 0 Å². The lowest BCUT2D eigenvalue weighted by Gasteiger charge is -2.12. The van der Waals surface area contributed by atoms with Crippen molar-refractivity contribution in [1.29, 1.82) is 5.26 Å². The predicted octanol–water partition coefficient (Wildman–Crippen LogP) is 2.42. The van der Waals surface area contributed by atoms with Gasteiger partial charge in [0.25, 0.3) is 0 Å². The number of nitrogens with two attached hydrogens (primary N) is 1. The molecule has 7 nitrogen and oxygen atoms in total. The maximum atomic E-state index is 12.2. The van der Waals surface area contributed by atoms with Gasteiger partial charge in [-0.2, -0.15) is 10.4 Å². The molecule has 0 aliphatic rings. The summed E-state index contributed by atoms with van der Waals surface area (Å²) >= 11 is 0. The minimum Gasteiger partial charge on any atom is -0.464 e. The van der Waals surface area contributed by atoms with E-state index in [2.05, 4.69) is 10.2 Å². The number of aromatic amines is 1. The quantitative estimate of drug-likeness (QED) is 0.720. The fraction of sp³-hybridized carbons (Fsp3) is 0.118. The molecule has 3 N–H and O–H groups in total. The molecular weight excluding hydrogens is 306 g/mol. The number of para-hydroxylation sites is 1. The number of benzene rings is 1. The summed E-state index contributed by atoms with van der Waals surface area (Å²) in [5.41, 5.74) is 9.50. The Kier molecular flexibility index (Phi) is 3.80. The molecule has 0 bridgehead atoms. The van der Waals surface area contributed by atoms with Crippen LogP contribution in [0.3, 0.4) is 0 Å². The number of methoxy groups -OCH3 is 1. The molecule has 0 aliphatic carbocycles. The number of carbonyl (C=O) groups excluding carboxylic acids is 1. The molecule has 0 amide bonds. The number of aryl methyl sites for hydroxylation is 1. The van der Waals surface area contributed by atoms with E-state index in [0.717, 1.165) is 17.0 Å². The Morgan fingerprint density at radius 2 is 2.17 bits per heavy atom. The van der Waals surface area contributed by atoms with E-state index < -0.39 is 5.97 Å². The van der Waals surface area contributed by atoms with Gasteiger partial charge in [0.05, 0.1) is 29.7 Å². The Morgan fingerprint density at radius 1 is 1.42 bits per heavy atom. The van der Waals surface area contributed by atoms with E-state index in [4.69, 9.17) is 10.5 Å². The minimum absolute atomic E-state index is 0.0948. The van der Waals surface area contributed by atoms with Crippen LogP contribution in [0.1, 0.15) is 21.7 Å². The smallest absolute Gasteiger partial charge is 0.357 e. The van der Waals surface area contributed by atoms with Crippen molar-refractivity contribution in [3.05, 3.63) is 53.5 Å². The van der Waals surface area contributed by atoms with Crippen molar-refractivity contribution in [3.63, 3.8) is 0 Å². The third-order valence-electron chi connectivity index (χ3n) is 3.69. The fourth-order valence-corrected chi connectivity index (χ4v) is 2.56. The molecule has 3 rings (SSSR count). The summed E-state index contributed by atoms with van der Waals surface area (Å²) in [6, 6.07) is 11.3. The number of nitrogens with one attached hydrogen (secondary N) is 1. The molecule has 0 spiro atoms. The number of hydrogen-bond donors (Lipinski definition) is 2. The van der Waals surface area contributed by atoms with E-state index >= 15 is 0 Å². The zero-order chi connectivity index (χ0) is 17.3. The SMILES string of the molecule is COC(=O)c1c(N)c(C#N)cn1-c1ccccc1-c1cc(C)[nH]n1. The zero-order valence-corrected chi connectivity index (χ0v) is 13.2. The third kappa shape index (κ3) is 2.40. The fourth-order valence-electron chi connectivity index (χ4n) is 2.56. The maximum absolute atomic E-state index is 12.2. The van der Waals surface area contributed by atoms with Gasteiger partial charge in [-0.05, 0) is 19.1 Å². The first-order valence-corrected chi connectivity index (χ1v) is 7.17. The molecule has 0 radical (unpaired) electrons. The second-order valence-electron chi connectivity index (χ2n) is 5.23. The van der Waals surface area contributed by atoms with Gasteiger partial charge in [-0.25, -0.2) is 4.79 Å². The molecule has 7 heteroatoms. The van der Waals surface area contributed by atoms with Gasteiger partial charge in [0.1, 0.15) is 6.07 Å². The minimum atomic E-state index is -0.609. The normalized spacial score (nSPS) is 10.4. The van der Waals surface area contributed by atoms with Crippen LogP contribution in [-0.4, -0.2) is 27.8 Å². The van der Waals surface area contributed by atoms with Gasteiger partial charge in [-0.3, -0.25) is 5.10 Å². The molecule has 0 unspecified atom stereocenters. The summed E-state index contributed by atoms with van der Waals surface area (Å²) < 4.78 is 6.38. The first-order valence-electron chi connectivity index (χ1n) is 7.17. The van der Waals surface area contributed by atoms with Crippen molar-refractivity contribution in [3.8, 4) is 23.0 Å². The Hall–Kier alpha value is -3.53. The number of nitriles is 1. The first-order chi connectivity index (χ1) is 11.6. The van der Waals surface area contributed by atoms with Gasteiger partial charge < -0.3 is 15.0 Å². The average Bonchev–Trinajstić information content (AvgIpc) is 3.17. The number of anilines is 1. The van der Waals surface area contributed by atoms with Crippen molar-refractivity contribution in [1.82, 2.24) is 14.8 Å². The molecular formula is C17H15N5O2. The first kappa shape index (κ1) is 15.4. The molecule has 0 saturated carbocycles. The van der Waals surface area contributed by atoms with Crippen LogP contribution >= 0.6 is 0 Å². The molecule has 120 valence electrons. The molecule has 0 saturated heterocycles. The Bertz CT molecular complexity index is 962. The number of rotatable bonds is 3. The Morgan fingerprint density at radius 3 is 2.79 bits per heavy atom. The third-order valence-corrected chi connectivity index (χ3v) is 3.69. The van der Waals surface area contributed by atoms with E-state index in [9.17, 15) is 10.1 Å². The van der Waals surface area contributed by atoms with Crippen molar-refractivity contribution < 1.29 is 9.53 Å². The second-order valence-corrected chi connectivity index (χ2v) is 5.23. The Balaban J connectivity index is 2.28. The van der Waals surface area contributed by atoms with Crippen molar-refractivity contribution in [2.75, 3.05) is 12.8 Å². The number of aromatic nitrogens is 3. The van der Waals surface area contributed by atoms with E-state index in [0.29, 0.717) is 5.69 Å². The lowest BCUT2D eigenvalue weighted by molar-refractivity contribution is 0.0593. The van der Waals surface area contributed by atoms with Gasteiger partial charge in [-0.15, -0.1) is 0 Å². The predicted molar refractivity (Wildman–Crippen MR) is 88.6 cm³/mol. The topological polar surface area (TPSA) is 110 Å². The molecule has 0 atom stereocenters. The summed E-state index contributed by atoms with van der Waals surface area (Å²) in [5.74, 6) is -0.609. The highest BCUT2D eigenvalue weighted by atomic mass is 16.5. The van der Waals surface area contributed by atoms with Crippen molar-refractivity contribution in [2.24, 2.45) is 0 Å². The van der Waals surface area contributed by atoms with Gasteiger partial charge in [-0.1, -0.05) is 18.2 Å². The molecule has 2 aromatic heterocycles. The van der Waals surface area contributed by atoms with Crippen LogP contribution in [0.15, 0.2) is 36.5 Å². The number of H-pyrrole nitrogens is 1.